The summed E-state index contributed by atoms with van der Waals surface area (Å²) in [7, 11) is 1.63. The Balaban J connectivity index is 1.74. The minimum absolute atomic E-state index is 0.362. The van der Waals surface area contributed by atoms with Crippen molar-refractivity contribution in [1.29, 1.82) is 0 Å². The number of hydrogen-bond donors (Lipinski definition) is 1. The molecule has 1 aromatic heterocycles. The van der Waals surface area contributed by atoms with Gasteiger partial charge in [-0.15, -0.1) is 0 Å². The first-order chi connectivity index (χ1) is 9.76. The van der Waals surface area contributed by atoms with Crippen molar-refractivity contribution in [3.05, 3.63) is 54.3 Å². The number of para-hydroxylation sites is 1. The first kappa shape index (κ1) is 12.4. The lowest BCUT2D eigenvalue weighted by Gasteiger charge is -2.05. The summed E-state index contributed by atoms with van der Waals surface area (Å²) in [5, 5.41) is 0.985. The summed E-state index contributed by atoms with van der Waals surface area (Å²) < 4.78 is 16.5. The molecule has 3 aromatic rings. The number of methoxy groups -OCH3 is 1. The molecule has 2 N–H and O–H groups in total. The van der Waals surface area contributed by atoms with Crippen LogP contribution in [0.3, 0.4) is 0 Å². The Labute approximate surface area is 116 Å². The van der Waals surface area contributed by atoms with E-state index in [0.717, 1.165) is 22.6 Å². The summed E-state index contributed by atoms with van der Waals surface area (Å²) in [5.74, 6) is 2.31. The van der Waals surface area contributed by atoms with Crippen LogP contribution >= 0.6 is 0 Å². The summed E-state index contributed by atoms with van der Waals surface area (Å²) in [6.45, 7) is 0.362. The highest BCUT2D eigenvalue weighted by molar-refractivity contribution is 5.88. The molecule has 0 spiro atoms. The third kappa shape index (κ3) is 2.40. The lowest BCUT2D eigenvalue weighted by molar-refractivity contribution is 0.274. The van der Waals surface area contributed by atoms with E-state index in [1.54, 1.807) is 7.11 Å². The van der Waals surface area contributed by atoms with Gasteiger partial charge in [-0.2, -0.15) is 0 Å². The van der Waals surface area contributed by atoms with E-state index in [1.165, 1.54) is 0 Å². The zero-order valence-corrected chi connectivity index (χ0v) is 11.1. The van der Waals surface area contributed by atoms with Gasteiger partial charge in [-0.3, -0.25) is 0 Å². The molecule has 3 rings (SSSR count). The molecule has 4 nitrogen and oxygen atoms in total. The highest BCUT2D eigenvalue weighted by Crippen LogP contribution is 2.25. The summed E-state index contributed by atoms with van der Waals surface area (Å²) in [6, 6.07) is 15.0. The highest BCUT2D eigenvalue weighted by atomic mass is 16.5. The fourth-order valence-electron chi connectivity index (χ4n) is 2.04. The second kappa shape index (κ2) is 5.17. The Hall–Kier alpha value is -2.62. The van der Waals surface area contributed by atoms with E-state index in [4.69, 9.17) is 19.6 Å². The van der Waals surface area contributed by atoms with Crippen LogP contribution in [-0.4, -0.2) is 7.11 Å². The molecule has 4 heteroatoms. The van der Waals surface area contributed by atoms with Crippen LogP contribution in [0.1, 0.15) is 5.76 Å². The van der Waals surface area contributed by atoms with E-state index in [2.05, 4.69) is 0 Å². The quantitative estimate of drug-likeness (QED) is 0.735. The Bertz CT molecular complexity index is 716. The first-order valence-corrected chi connectivity index (χ1v) is 6.30. The van der Waals surface area contributed by atoms with Crippen molar-refractivity contribution in [3.63, 3.8) is 0 Å². The second-order valence-corrected chi connectivity index (χ2v) is 4.44. The Morgan fingerprint density at radius 2 is 1.80 bits per heavy atom. The van der Waals surface area contributed by atoms with Gasteiger partial charge in [0.15, 0.2) is 5.58 Å². The number of furan rings is 1. The number of fused-ring (bicyclic) bond motifs is 1. The molecule has 2 aromatic carbocycles. The van der Waals surface area contributed by atoms with Crippen LogP contribution in [0, 0.1) is 0 Å². The largest absolute Gasteiger partial charge is 0.497 e. The van der Waals surface area contributed by atoms with Gasteiger partial charge in [0.1, 0.15) is 23.9 Å². The van der Waals surface area contributed by atoms with Gasteiger partial charge in [0.2, 0.25) is 0 Å². The fraction of sp³-hybridized carbons (Fsp3) is 0.125. The molecule has 0 aliphatic heterocycles. The van der Waals surface area contributed by atoms with Gasteiger partial charge >= 0.3 is 0 Å². The van der Waals surface area contributed by atoms with Gasteiger partial charge in [-0.25, -0.2) is 0 Å². The Kier molecular flexibility index (Phi) is 3.21. The van der Waals surface area contributed by atoms with Crippen LogP contribution in [-0.2, 0) is 6.61 Å². The lowest BCUT2D eigenvalue weighted by atomic mass is 10.2. The van der Waals surface area contributed by atoms with E-state index in [0.29, 0.717) is 17.9 Å². The van der Waals surface area contributed by atoms with Crippen molar-refractivity contribution in [2.24, 2.45) is 0 Å². The Morgan fingerprint density at radius 1 is 1.05 bits per heavy atom. The molecule has 102 valence electrons. The SMILES string of the molecule is COc1ccc(OCc2cc3cccc(N)c3o2)cc1. The smallest absolute Gasteiger partial charge is 0.157 e. The van der Waals surface area contributed by atoms with Crippen LogP contribution < -0.4 is 15.2 Å². The second-order valence-electron chi connectivity index (χ2n) is 4.44. The average molecular weight is 269 g/mol. The normalized spacial score (nSPS) is 10.7. The number of hydrogen-bond acceptors (Lipinski definition) is 4. The standard InChI is InChI=1S/C16H15NO3/c1-18-12-5-7-13(8-6-12)19-10-14-9-11-3-2-4-15(17)16(11)20-14/h2-9H,10,17H2,1H3. The number of ether oxygens (including phenoxy) is 2. The van der Waals surface area contributed by atoms with Gasteiger partial charge in [-0.05, 0) is 36.4 Å². The minimum atomic E-state index is 0.362. The number of rotatable bonds is 4. The molecular formula is C16H15NO3. The third-order valence-corrected chi connectivity index (χ3v) is 3.07. The average Bonchev–Trinajstić information content (AvgIpc) is 2.90. The van der Waals surface area contributed by atoms with Crippen LogP contribution in [0.4, 0.5) is 5.69 Å². The van der Waals surface area contributed by atoms with Crippen molar-refractivity contribution >= 4 is 16.7 Å². The van der Waals surface area contributed by atoms with E-state index in [9.17, 15) is 0 Å². The van der Waals surface area contributed by atoms with Gasteiger partial charge in [0, 0.05) is 5.39 Å². The van der Waals surface area contributed by atoms with Crippen LogP contribution in [0.25, 0.3) is 11.0 Å². The highest BCUT2D eigenvalue weighted by Gasteiger charge is 2.06. The van der Waals surface area contributed by atoms with Gasteiger partial charge < -0.3 is 19.6 Å². The van der Waals surface area contributed by atoms with Crippen molar-refractivity contribution in [3.8, 4) is 11.5 Å². The maximum Gasteiger partial charge on any atom is 0.157 e. The first-order valence-electron chi connectivity index (χ1n) is 6.30. The van der Waals surface area contributed by atoms with E-state index in [-0.39, 0.29) is 0 Å². The number of nitrogen functional groups attached to an aromatic ring is 1. The maximum atomic E-state index is 5.86. The molecule has 0 radical (unpaired) electrons. The zero-order chi connectivity index (χ0) is 13.9. The van der Waals surface area contributed by atoms with Crippen molar-refractivity contribution in [2.45, 2.75) is 6.61 Å². The summed E-state index contributed by atoms with van der Waals surface area (Å²) in [4.78, 5) is 0. The number of nitrogens with two attached hydrogens (primary N) is 1. The van der Waals surface area contributed by atoms with Crippen molar-refractivity contribution in [2.75, 3.05) is 12.8 Å². The molecule has 0 saturated heterocycles. The lowest BCUT2D eigenvalue weighted by Crippen LogP contribution is -1.93. The van der Waals surface area contributed by atoms with E-state index >= 15 is 0 Å². The van der Waals surface area contributed by atoms with Gasteiger partial charge in [0.25, 0.3) is 0 Å². The maximum absolute atomic E-state index is 5.86. The summed E-state index contributed by atoms with van der Waals surface area (Å²) in [6.07, 6.45) is 0. The molecule has 0 saturated carbocycles. The molecule has 0 atom stereocenters. The number of anilines is 1. The third-order valence-electron chi connectivity index (χ3n) is 3.07. The molecule has 0 unspecified atom stereocenters. The molecular weight excluding hydrogens is 254 g/mol. The molecule has 20 heavy (non-hydrogen) atoms. The topological polar surface area (TPSA) is 57.6 Å². The van der Waals surface area contributed by atoms with Gasteiger partial charge in [-0.1, -0.05) is 12.1 Å². The van der Waals surface area contributed by atoms with Crippen LogP contribution in [0.2, 0.25) is 0 Å². The monoisotopic (exact) mass is 269 g/mol. The van der Waals surface area contributed by atoms with Gasteiger partial charge in [0.05, 0.1) is 12.8 Å². The molecule has 0 amide bonds. The summed E-state index contributed by atoms with van der Waals surface area (Å²) in [5.41, 5.74) is 7.21. The number of benzene rings is 2. The molecule has 1 heterocycles. The van der Waals surface area contributed by atoms with Crippen molar-refractivity contribution in [1.82, 2.24) is 0 Å². The molecule has 0 aliphatic carbocycles. The Morgan fingerprint density at radius 3 is 2.50 bits per heavy atom. The molecule has 0 fully saturated rings. The van der Waals surface area contributed by atoms with E-state index < -0.39 is 0 Å². The molecule has 0 aliphatic rings. The summed E-state index contributed by atoms with van der Waals surface area (Å²) >= 11 is 0. The van der Waals surface area contributed by atoms with E-state index in [1.807, 2.05) is 48.5 Å². The minimum Gasteiger partial charge on any atom is -0.497 e. The predicted molar refractivity (Wildman–Crippen MR) is 78.0 cm³/mol. The molecule has 0 bridgehead atoms. The van der Waals surface area contributed by atoms with Crippen molar-refractivity contribution < 1.29 is 13.9 Å². The fourth-order valence-corrected chi connectivity index (χ4v) is 2.04. The predicted octanol–water partition coefficient (Wildman–Crippen LogP) is 3.60. The van der Waals surface area contributed by atoms with Crippen LogP contribution in [0.5, 0.6) is 11.5 Å². The zero-order valence-electron chi connectivity index (χ0n) is 11.1. The van der Waals surface area contributed by atoms with Crippen LogP contribution in [0.15, 0.2) is 52.9 Å².